The van der Waals surface area contributed by atoms with E-state index in [1.807, 2.05) is 13.2 Å². The van der Waals surface area contributed by atoms with Gasteiger partial charge >= 0.3 is 0 Å². The summed E-state index contributed by atoms with van der Waals surface area (Å²) in [6, 6.07) is 0. The lowest BCUT2D eigenvalue weighted by Gasteiger charge is -2.19. The third-order valence-electron chi connectivity index (χ3n) is 1.59. The number of aliphatic imine (C=N–C) groups is 1. The van der Waals surface area contributed by atoms with Gasteiger partial charge in [0.25, 0.3) is 0 Å². The largest absolute Gasteiger partial charge is 0.337 e. The molecule has 0 saturated carbocycles. The molecule has 0 fully saturated rings. The van der Waals surface area contributed by atoms with Crippen molar-refractivity contribution >= 4 is 5.84 Å². The molecule has 0 aromatic heterocycles. The lowest BCUT2D eigenvalue weighted by molar-refractivity contribution is 0.539. The topological polar surface area (TPSA) is 15.6 Å². The van der Waals surface area contributed by atoms with Crippen LogP contribution in [0.2, 0.25) is 0 Å². The van der Waals surface area contributed by atoms with Crippen molar-refractivity contribution in [1.82, 2.24) is 4.90 Å². The molecule has 0 radical (unpaired) electrons. The van der Waals surface area contributed by atoms with Crippen LogP contribution >= 0.6 is 0 Å². The highest BCUT2D eigenvalue weighted by Gasteiger charge is 2.01. The van der Waals surface area contributed by atoms with Crippen molar-refractivity contribution in [2.75, 3.05) is 13.6 Å². The fraction of sp³-hybridized carbons (Fsp3) is 0.667. The van der Waals surface area contributed by atoms with Gasteiger partial charge in [0.05, 0.1) is 0 Å². The highest BCUT2D eigenvalue weighted by Crippen LogP contribution is 1.98. The Bertz CT molecular complexity index is 138. The van der Waals surface area contributed by atoms with E-state index >= 15 is 0 Å². The summed E-state index contributed by atoms with van der Waals surface area (Å²) in [5.74, 6) is 1.11. The quantitative estimate of drug-likeness (QED) is 0.448. The first-order valence-electron chi connectivity index (χ1n) is 4.14. The van der Waals surface area contributed by atoms with Crippen molar-refractivity contribution in [3.8, 4) is 0 Å². The van der Waals surface area contributed by atoms with Crippen LogP contribution in [-0.4, -0.2) is 24.3 Å². The second-order valence-corrected chi connectivity index (χ2v) is 2.37. The first kappa shape index (κ1) is 10.2. The Morgan fingerprint density at radius 2 is 2.18 bits per heavy atom. The average molecular weight is 154 g/mol. The van der Waals surface area contributed by atoms with Gasteiger partial charge in [-0.15, -0.1) is 0 Å². The lowest BCUT2D eigenvalue weighted by atomic mass is 10.3. The molecule has 0 rings (SSSR count). The molecule has 0 aliphatic heterocycles. The molecular formula is C9H18N2. The van der Waals surface area contributed by atoms with E-state index in [9.17, 15) is 0 Å². The van der Waals surface area contributed by atoms with Gasteiger partial charge in [0.2, 0.25) is 0 Å². The van der Waals surface area contributed by atoms with Gasteiger partial charge in [-0.3, -0.25) is 4.99 Å². The van der Waals surface area contributed by atoms with Gasteiger partial charge in [0.15, 0.2) is 0 Å². The number of hydrogen-bond donors (Lipinski definition) is 0. The molecule has 0 N–H and O–H groups in total. The summed E-state index contributed by atoms with van der Waals surface area (Å²) in [5.41, 5.74) is 0. The van der Waals surface area contributed by atoms with E-state index in [-0.39, 0.29) is 0 Å². The number of hydrogen-bond acceptors (Lipinski definition) is 1. The van der Waals surface area contributed by atoms with Crippen LogP contribution in [0.25, 0.3) is 0 Å². The minimum atomic E-state index is 0.975. The molecule has 0 bridgehead atoms. The van der Waals surface area contributed by atoms with E-state index in [0.29, 0.717) is 0 Å². The molecule has 0 amide bonds. The van der Waals surface area contributed by atoms with Gasteiger partial charge < -0.3 is 4.90 Å². The Balaban J connectivity index is 4.10. The van der Waals surface area contributed by atoms with Gasteiger partial charge in [0, 0.05) is 20.0 Å². The van der Waals surface area contributed by atoms with Gasteiger partial charge in [-0.05, 0) is 12.6 Å². The van der Waals surface area contributed by atoms with Crippen molar-refractivity contribution in [3.05, 3.63) is 12.8 Å². The molecule has 0 heterocycles. The van der Waals surface area contributed by atoms with Crippen LogP contribution in [0.4, 0.5) is 0 Å². The highest BCUT2D eigenvalue weighted by molar-refractivity contribution is 5.82. The molecular weight excluding hydrogens is 136 g/mol. The van der Waals surface area contributed by atoms with Gasteiger partial charge in [0.1, 0.15) is 5.84 Å². The SMILES string of the molecule is C=CN(CCC)C(CC)=NC. The Morgan fingerprint density at radius 1 is 1.55 bits per heavy atom. The van der Waals surface area contributed by atoms with E-state index in [1.54, 1.807) is 0 Å². The number of rotatable bonds is 4. The maximum absolute atomic E-state index is 4.17. The molecule has 0 atom stereocenters. The second-order valence-electron chi connectivity index (χ2n) is 2.37. The van der Waals surface area contributed by atoms with Crippen molar-refractivity contribution in [1.29, 1.82) is 0 Å². The Kier molecular flexibility index (Phi) is 5.53. The summed E-state index contributed by atoms with van der Waals surface area (Å²) in [6.07, 6.45) is 3.95. The molecule has 2 heteroatoms. The van der Waals surface area contributed by atoms with E-state index in [4.69, 9.17) is 0 Å². The second kappa shape index (κ2) is 5.96. The van der Waals surface area contributed by atoms with Crippen LogP contribution in [0.5, 0.6) is 0 Å². The van der Waals surface area contributed by atoms with Crippen molar-refractivity contribution < 1.29 is 0 Å². The van der Waals surface area contributed by atoms with Gasteiger partial charge in [-0.2, -0.15) is 0 Å². The van der Waals surface area contributed by atoms with Crippen molar-refractivity contribution in [2.24, 2.45) is 4.99 Å². The molecule has 11 heavy (non-hydrogen) atoms. The smallest absolute Gasteiger partial charge is 0.102 e. The van der Waals surface area contributed by atoms with Crippen LogP contribution in [0.1, 0.15) is 26.7 Å². The Morgan fingerprint density at radius 3 is 2.45 bits per heavy atom. The summed E-state index contributed by atoms with van der Waals surface area (Å²) < 4.78 is 0. The zero-order valence-electron chi connectivity index (χ0n) is 7.80. The van der Waals surface area contributed by atoms with E-state index in [0.717, 1.165) is 25.2 Å². The minimum absolute atomic E-state index is 0.975. The molecule has 0 aromatic carbocycles. The van der Waals surface area contributed by atoms with E-state index < -0.39 is 0 Å². The molecule has 0 unspecified atom stereocenters. The molecule has 0 aliphatic rings. The van der Waals surface area contributed by atoms with Crippen molar-refractivity contribution in [2.45, 2.75) is 26.7 Å². The zero-order chi connectivity index (χ0) is 8.69. The highest BCUT2D eigenvalue weighted by atomic mass is 15.2. The van der Waals surface area contributed by atoms with Crippen LogP contribution in [-0.2, 0) is 0 Å². The predicted octanol–water partition coefficient (Wildman–Crippen LogP) is 2.28. The molecule has 2 nitrogen and oxygen atoms in total. The normalized spacial score (nSPS) is 11.4. The third-order valence-corrected chi connectivity index (χ3v) is 1.59. The molecule has 0 aliphatic carbocycles. The first-order valence-corrected chi connectivity index (χ1v) is 4.14. The van der Waals surface area contributed by atoms with E-state index in [2.05, 4.69) is 30.3 Å². The maximum Gasteiger partial charge on any atom is 0.102 e. The summed E-state index contributed by atoms with van der Waals surface area (Å²) >= 11 is 0. The number of amidine groups is 1. The van der Waals surface area contributed by atoms with Gasteiger partial charge in [-0.1, -0.05) is 20.4 Å². The van der Waals surface area contributed by atoms with Crippen LogP contribution in [0, 0.1) is 0 Å². The monoisotopic (exact) mass is 154 g/mol. The summed E-state index contributed by atoms with van der Waals surface area (Å²) in [4.78, 5) is 6.26. The molecule has 0 aromatic rings. The molecule has 0 spiro atoms. The molecule has 0 saturated heterocycles. The number of nitrogens with zero attached hydrogens (tertiary/aromatic N) is 2. The minimum Gasteiger partial charge on any atom is -0.337 e. The predicted molar refractivity (Wildman–Crippen MR) is 50.8 cm³/mol. The van der Waals surface area contributed by atoms with Crippen LogP contribution in [0.3, 0.4) is 0 Å². The lowest BCUT2D eigenvalue weighted by Crippen LogP contribution is -2.25. The van der Waals surface area contributed by atoms with Crippen molar-refractivity contribution in [3.63, 3.8) is 0 Å². The fourth-order valence-corrected chi connectivity index (χ4v) is 1.06. The summed E-state index contributed by atoms with van der Waals surface area (Å²) in [6.45, 7) is 9.02. The zero-order valence-corrected chi connectivity index (χ0v) is 7.80. The summed E-state index contributed by atoms with van der Waals surface area (Å²) in [7, 11) is 1.82. The first-order chi connectivity index (χ1) is 5.29. The standard InChI is InChI=1S/C9H18N2/c1-5-8-11(7-3)9(6-2)10-4/h7H,3,5-6,8H2,1-2,4H3. The Labute approximate surface area is 69.6 Å². The van der Waals surface area contributed by atoms with Crippen LogP contribution < -0.4 is 0 Å². The fourth-order valence-electron chi connectivity index (χ4n) is 1.06. The summed E-state index contributed by atoms with van der Waals surface area (Å²) in [5, 5.41) is 0. The van der Waals surface area contributed by atoms with Gasteiger partial charge in [-0.25, -0.2) is 0 Å². The average Bonchev–Trinajstić information content (AvgIpc) is 2.05. The molecule has 64 valence electrons. The maximum atomic E-state index is 4.17. The van der Waals surface area contributed by atoms with Crippen LogP contribution in [0.15, 0.2) is 17.8 Å². The third kappa shape index (κ3) is 3.21. The van der Waals surface area contributed by atoms with E-state index in [1.165, 1.54) is 0 Å². The Hall–Kier alpha value is -0.790.